The molecule has 0 saturated heterocycles. The topological polar surface area (TPSA) is 84.9 Å². The average Bonchev–Trinajstić information content (AvgIpc) is 2.73. The number of hydrogen-bond donors (Lipinski definition) is 1. The van der Waals surface area contributed by atoms with Gasteiger partial charge in [-0.15, -0.1) is 0 Å². The molecule has 2 aromatic rings. The van der Waals surface area contributed by atoms with E-state index in [1.165, 1.54) is 29.6 Å². The summed E-state index contributed by atoms with van der Waals surface area (Å²) in [5, 5.41) is 2.68. The number of ether oxygens (including phenoxy) is 2. The van der Waals surface area contributed by atoms with Crippen LogP contribution in [0.5, 0.6) is 11.5 Å². The maximum absolute atomic E-state index is 12.8. The maximum Gasteiger partial charge on any atom is 0.262 e. The minimum absolute atomic E-state index is 0.0836. The van der Waals surface area contributed by atoms with Crippen molar-refractivity contribution in [3.63, 3.8) is 0 Å². The number of amides is 1. The minimum atomic E-state index is -3.67. The Bertz CT molecular complexity index is 1020. The molecular weight excluding hydrogens is 484 g/mol. The highest BCUT2D eigenvalue weighted by Gasteiger charge is 2.23. The van der Waals surface area contributed by atoms with E-state index in [1.54, 1.807) is 13.8 Å². The zero-order valence-corrected chi connectivity index (χ0v) is 20.8. The summed E-state index contributed by atoms with van der Waals surface area (Å²) < 4.78 is 38.6. The van der Waals surface area contributed by atoms with E-state index in [1.807, 2.05) is 18.2 Å². The van der Waals surface area contributed by atoms with Crippen molar-refractivity contribution < 1.29 is 22.7 Å². The molecule has 0 saturated carbocycles. The predicted octanol–water partition coefficient (Wildman–Crippen LogP) is 4.63. The normalized spacial score (nSPS) is 11.6. The number of hydrogen-bond acceptors (Lipinski definition) is 5. The van der Waals surface area contributed by atoms with Crippen LogP contribution in [0.2, 0.25) is 0 Å². The highest BCUT2D eigenvalue weighted by atomic mass is 79.9. The lowest BCUT2D eigenvalue weighted by atomic mass is 10.0. The third-order valence-corrected chi connectivity index (χ3v) is 7.44. The van der Waals surface area contributed by atoms with E-state index in [0.29, 0.717) is 30.5 Å². The van der Waals surface area contributed by atoms with Gasteiger partial charge in [0.15, 0.2) is 6.61 Å². The van der Waals surface area contributed by atoms with Crippen molar-refractivity contribution in [3.8, 4) is 11.5 Å². The van der Waals surface area contributed by atoms with Crippen LogP contribution in [0, 0.1) is 0 Å². The molecular formula is C22H29BrN2O5S. The van der Waals surface area contributed by atoms with Crippen LogP contribution in [0.4, 0.5) is 5.69 Å². The van der Waals surface area contributed by atoms with E-state index in [4.69, 9.17) is 9.47 Å². The molecule has 31 heavy (non-hydrogen) atoms. The monoisotopic (exact) mass is 512 g/mol. The van der Waals surface area contributed by atoms with Gasteiger partial charge in [0, 0.05) is 13.1 Å². The van der Waals surface area contributed by atoms with Crippen molar-refractivity contribution >= 4 is 37.5 Å². The Morgan fingerprint density at radius 2 is 1.74 bits per heavy atom. The second-order valence-electron chi connectivity index (χ2n) is 7.13. The molecule has 1 N–H and O–H groups in total. The highest BCUT2D eigenvalue weighted by molar-refractivity contribution is 9.10. The Hall–Kier alpha value is -2.10. The number of carbonyl (C=O) groups is 1. The van der Waals surface area contributed by atoms with Gasteiger partial charge in [-0.2, -0.15) is 4.31 Å². The van der Waals surface area contributed by atoms with Crippen molar-refractivity contribution in [2.75, 3.05) is 32.1 Å². The summed E-state index contributed by atoms with van der Waals surface area (Å²) in [6.07, 6.45) is 0. The highest BCUT2D eigenvalue weighted by Crippen LogP contribution is 2.30. The SMILES string of the molecule is CCN(CC)S(=O)(=O)c1ccc(OC)c(NC(=O)COc2ccc(C(C)C)cc2Br)c1. The summed E-state index contributed by atoms with van der Waals surface area (Å²) in [5.74, 6) is 0.843. The molecule has 170 valence electrons. The van der Waals surface area contributed by atoms with Gasteiger partial charge < -0.3 is 14.8 Å². The van der Waals surface area contributed by atoms with Gasteiger partial charge in [0.25, 0.3) is 5.91 Å². The summed E-state index contributed by atoms with van der Waals surface area (Å²) in [6.45, 7) is 8.20. The fraction of sp³-hybridized carbons (Fsp3) is 0.409. The van der Waals surface area contributed by atoms with Crippen LogP contribution in [0.1, 0.15) is 39.2 Å². The Balaban J connectivity index is 2.17. The van der Waals surface area contributed by atoms with Crippen LogP contribution < -0.4 is 14.8 Å². The molecule has 0 aliphatic rings. The number of sulfonamides is 1. The maximum atomic E-state index is 12.8. The van der Waals surface area contributed by atoms with Crippen molar-refractivity contribution in [2.45, 2.75) is 38.5 Å². The predicted molar refractivity (Wildman–Crippen MR) is 125 cm³/mol. The lowest BCUT2D eigenvalue weighted by Crippen LogP contribution is -2.30. The molecule has 0 radical (unpaired) electrons. The van der Waals surface area contributed by atoms with Crippen LogP contribution in [0.15, 0.2) is 45.8 Å². The molecule has 0 unspecified atom stereocenters. The number of nitrogens with zero attached hydrogens (tertiary/aromatic N) is 1. The summed E-state index contributed by atoms with van der Waals surface area (Å²) in [7, 11) is -2.22. The van der Waals surface area contributed by atoms with Crippen LogP contribution in [0.25, 0.3) is 0 Å². The summed E-state index contributed by atoms with van der Waals surface area (Å²) >= 11 is 3.47. The number of nitrogens with one attached hydrogen (secondary N) is 1. The fourth-order valence-electron chi connectivity index (χ4n) is 2.98. The summed E-state index contributed by atoms with van der Waals surface area (Å²) in [5.41, 5.74) is 1.41. The fourth-order valence-corrected chi connectivity index (χ4v) is 4.98. The Morgan fingerprint density at radius 1 is 1.10 bits per heavy atom. The molecule has 0 heterocycles. The molecule has 0 fully saturated rings. The van der Waals surface area contributed by atoms with Crippen molar-refractivity contribution in [3.05, 3.63) is 46.4 Å². The zero-order valence-electron chi connectivity index (χ0n) is 18.4. The van der Waals surface area contributed by atoms with Crippen molar-refractivity contribution in [1.82, 2.24) is 4.31 Å². The third kappa shape index (κ3) is 6.21. The summed E-state index contributed by atoms with van der Waals surface area (Å²) in [6, 6.07) is 10.1. The quantitative estimate of drug-likeness (QED) is 0.501. The molecule has 0 atom stereocenters. The number of anilines is 1. The first-order chi connectivity index (χ1) is 14.6. The van der Waals surface area contributed by atoms with Gasteiger partial charge in [-0.05, 0) is 57.7 Å². The van der Waals surface area contributed by atoms with Gasteiger partial charge in [0.1, 0.15) is 11.5 Å². The number of carbonyl (C=O) groups excluding carboxylic acids is 1. The molecule has 7 nitrogen and oxygen atoms in total. The largest absolute Gasteiger partial charge is 0.495 e. The first-order valence-electron chi connectivity index (χ1n) is 10.0. The van der Waals surface area contributed by atoms with Gasteiger partial charge in [0.2, 0.25) is 10.0 Å². The summed E-state index contributed by atoms with van der Waals surface area (Å²) in [4.78, 5) is 12.6. The average molecular weight is 513 g/mol. The second-order valence-corrected chi connectivity index (χ2v) is 9.93. The van der Waals surface area contributed by atoms with E-state index in [2.05, 4.69) is 35.1 Å². The van der Waals surface area contributed by atoms with Gasteiger partial charge in [-0.1, -0.05) is 33.8 Å². The number of methoxy groups -OCH3 is 1. The van der Waals surface area contributed by atoms with E-state index >= 15 is 0 Å². The van der Waals surface area contributed by atoms with Gasteiger partial charge >= 0.3 is 0 Å². The molecule has 1 amide bonds. The number of rotatable bonds is 10. The van der Waals surface area contributed by atoms with Crippen LogP contribution in [-0.2, 0) is 14.8 Å². The third-order valence-electron chi connectivity index (χ3n) is 4.77. The Labute approximate surface area is 192 Å². The van der Waals surface area contributed by atoms with Crippen LogP contribution in [0.3, 0.4) is 0 Å². The Kier molecular flexibility index (Phi) is 8.90. The molecule has 2 rings (SSSR count). The molecule has 0 aliphatic carbocycles. The number of halogens is 1. The first-order valence-corrected chi connectivity index (χ1v) is 12.3. The van der Waals surface area contributed by atoms with Crippen LogP contribution >= 0.6 is 15.9 Å². The molecule has 0 aliphatic heterocycles. The molecule has 0 spiro atoms. The van der Waals surface area contributed by atoms with Gasteiger partial charge in [0.05, 0.1) is 22.2 Å². The first kappa shape index (κ1) is 25.2. The second kappa shape index (κ2) is 11.0. The lowest BCUT2D eigenvalue weighted by molar-refractivity contribution is -0.118. The smallest absolute Gasteiger partial charge is 0.262 e. The standard InChI is InChI=1S/C22H29BrN2O5S/c1-6-25(7-2)31(27,28)17-9-11-21(29-5)19(13-17)24-22(26)14-30-20-10-8-16(15(3)4)12-18(20)23/h8-13,15H,6-7,14H2,1-5H3,(H,24,26). The van der Waals surface area contributed by atoms with E-state index in [-0.39, 0.29) is 17.2 Å². The minimum Gasteiger partial charge on any atom is -0.495 e. The Morgan fingerprint density at radius 3 is 2.29 bits per heavy atom. The lowest BCUT2D eigenvalue weighted by Gasteiger charge is -2.19. The van der Waals surface area contributed by atoms with Crippen molar-refractivity contribution in [1.29, 1.82) is 0 Å². The van der Waals surface area contributed by atoms with Crippen molar-refractivity contribution in [2.24, 2.45) is 0 Å². The van der Waals surface area contributed by atoms with Crippen LogP contribution in [-0.4, -0.2) is 45.4 Å². The van der Waals surface area contributed by atoms with Gasteiger partial charge in [-0.3, -0.25) is 4.79 Å². The van der Waals surface area contributed by atoms with E-state index in [9.17, 15) is 13.2 Å². The molecule has 0 aromatic heterocycles. The molecule has 0 bridgehead atoms. The number of benzene rings is 2. The molecule has 2 aromatic carbocycles. The van der Waals surface area contributed by atoms with E-state index < -0.39 is 15.9 Å². The van der Waals surface area contributed by atoms with E-state index in [0.717, 1.165) is 10.0 Å². The van der Waals surface area contributed by atoms with Gasteiger partial charge in [-0.25, -0.2) is 8.42 Å². The molecule has 9 heteroatoms. The zero-order chi connectivity index (χ0) is 23.2.